The lowest BCUT2D eigenvalue weighted by molar-refractivity contribution is 0.245. The third kappa shape index (κ3) is 4.07. The molecule has 1 atom stereocenters. The fraction of sp³-hybridized carbons (Fsp3) is 0.533. The Morgan fingerprint density at radius 1 is 1.17 bits per heavy atom. The number of thiocarbonyl (C=S) groups is 1. The van der Waals surface area contributed by atoms with Gasteiger partial charge in [-0.2, -0.15) is 0 Å². The van der Waals surface area contributed by atoms with Gasteiger partial charge in [-0.15, -0.1) is 0 Å². The predicted octanol–water partition coefficient (Wildman–Crippen LogP) is 3.44. The van der Waals surface area contributed by atoms with Gasteiger partial charge in [0.05, 0.1) is 11.0 Å². The minimum atomic E-state index is 0.0699. The van der Waals surface area contributed by atoms with Crippen molar-refractivity contribution >= 4 is 17.2 Å². The van der Waals surface area contributed by atoms with Crippen molar-refractivity contribution in [2.24, 2.45) is 5.73 Å². The molecule has 0 saturated carbocycles. The zero-order valence-electron chi connectivity index (χ0n) is 11.6. The smallest absolute Gasteiger partial charge is 0.0948 e. The predicted molar refractivity (Wildman–Crippen MR) is 82.9 cm³/mol. The van der Waals surface area contributed by atoms with Crippen LogP contribution in [0.3, 0.4) is 0 Å². The third-order valence-electron chi connectivity index (χ3n) is 3.05. The monoisotopic (exact) mass is 264 g/mol. The highest BCUT2D eigenvalue weighted by molar-refractivity contribution is 7.80. The molecule has 0 aliphatic rings. The van der Waals surface area contributed by atoms with Gasteiger partial charge in [-0.3, -0.25) is 4.90 Å². The van der Waals surface area contributed by atoms with E-state index in [1.807, 2.05) is 0 Å². The third-order valence-corrected chi connectivity index (χ3v) is 3.27. The Kier molecular flexibility index (Phi) is 6.30. The molecule has 0 saturated heterocycles. The van der Waals surface area contributed by atoms with Crippen molar-refractivity contribution in [3.8, 4) is 0 Å². The number of hydrogen-bond donors (Lipinski definition) is 1. The maximum absolute atomic E-state index is 5.96. The molecule has 0 bridgehead atoms. The van der Waals surface area contributed by atoms with Crippen molar-refractivity contribution in [2.75, 3.05) is 13.1 Å². The number of hydrogen-bond acceptors (Lipinski definition) is 2. The molecule has 0 aliphatic carbocycles. The Morgan fingerprint density at radius 2 is 1.67 bits per heavy atom. The van der Waals surface area contributed by atoms with Crippen molar-refractivity contribution in [1.29, 1.82) is 0 Å². The Hall–Kier alpha value is -0.930. The first-order valence-electron chi connectivity index (χ1n) is 6.70. The number of rotatable bonds is 7. The van der Waals surface area contributed by atoms with Crippen molar-refractivity contribution < 1.29 is 0 Å². The lowest BCUT2D eigenvalue weighted by Gasteiger charge is -2.31. The molecule has 0 amide bonds. The van der Waals surface area contributed by atoms with E-state index in [0.29, 0.717) is 4.99 Å². The van der Waals surface area contributed by atoms with Crippen LogP contribution in [-0.4, -0.2) is 23.0 Å². The summed E-state index contributed by atoms with van der Waals surface area (Å²) in [5, 5.41) is 0. The molecule has 0 aliphatic heterocycles. The zero-order valence-corrected chi connectivity index (χ0v) is 12.5. The molecule has 0 fully saturated rings. The molecule has 1 rings (SSSR count). The van der Waals surface area contributed by atoms with Gasteiger partial charge in [0.15, 0.2) is 0 Å². The van der Waals surface area contributed by atoms with E-state index in [0.717, 1.165) is 25.9 Å². The highest BCUT2D eigenvalue weighted by Crippen LogP contribution is 2.22. The molecule has 0 heterocycles. The van der Waals surface area contributed by atoms with Gasteiger partial charge < -0.3 is 5.73 Å². The maximum Gasteiger partial charge on any atom is 0.0948 e. The van der Waals surface area contributed by atoms with Crippen LogP contribution < -0.4 is 5.73 Å². The molecular weight excluding hydrogens is 240 g/mol. The Bertz CT molecular complexity index is 367. The van der Waals surface area contributed by atoms with Gasteiger partial charge in [0.25, 0.3) is 0 Å². The van der Waals surface area contributed by atoms with E-state index in [4.69, 9.17) is 18.0 Å². The maximum atomic E-state index is 5.96. The SMILES string of the molecule is CCCN(CCC)C(C(N)=S)c1ccc(C)cc1. The Morgan fingerprint density at radius 3 is 2.06 bits per heavy atom. The van der Waals surface area contributed by atoms with Gasteiger partial charge in [0.2, 0.25) is 0 Å². The van der Waals surface area contributed by atoms with Crippen LogP contribution in [0.25, 0.3) is 0 Å². The molecule has 0 spiro atoms. The fourth-order valence-corrected chi connectivity index (χ4v) is 2.53. The number of aryl methyl sites for hydroxylation is 1. The van der Waals surface area contributed by atoms with Gasteiger partial charge in [0.1, 0.15) is 0 Å². The number of nitrogens with two attached hydrogens (primary N) is 1. The van der Waals surface area contributed by atoms with E-state index in [2.05, 4.69) is 49.9 Å². The summed E-state index contributed by atoms with van der Waals surface area (Å²) in [6.07, 6.45) is 2.23. The van der Waals surface area contributed by atoms with Crippen molar-refractivity contribution in [1.82, 2.24) is 4.90 Å². The van der Waals surface area contributed by atoms with Crippen LogP contribution >= 0.6 is 12.2 Å². The van der Waals surface area contributed by atoms with Gasteiger partial charge >= 0.3 is 0 Å². The average Bonchev–Trinajstić information content (AvgIpc) is 2.32. The number of benzene rings is 1. The van der Waals surface area contributed by atoms with Crippen molar-refractivity contribution in [3.05, 3.63) is 35.4 Å². The molecule has 0 radical (unpaired) electrons. The summed E-state index contributed by atoms with van der Waals surface area (Å²) in [6, 6.07) is 8.59. The van der Waals surface area contributed by atoms with Gasteiger partial charge in [0, 0.05) is 0 Å². The quantitative estimate of drug-likeness (QED) is 0.765. The van der Waals surface area contributed by atoms with Crippen LogP contribution in [0.5, 0.6) is 0 Å². The van der Waals surface area contributed by atoms with Gasteiger partial charge in [-0.05, 0) is 38.4 Å². The van der Waals surface area contributed by atoms with Gasteiger partial charge in [-0.1, -0.05) is 55.9 Å². The van der Waals surface area contributed by atoms with E-state index in [9.17, 15) is 0 Å². The van der Waals surface area contributed by atoms with Crippen LogP contribution in [0, 0.1) is 6.92 Å². The standard InChI is InChI=1S/C15H24N2S/c1-4-10-17(11-5-2)14(15(16)18)13-8-6-12(3)7-9-13/h6-9,14H,4-5,10-11H2,1-3H3,(H2,16,18). The highest BCUT2D eigenvalue weighted by Gasteiger charge is 2.21. The van der Waals surface area contributed by atoms with Crippen LogP contribution in [0.15, 0.2) is 24.3 Å². The molecule has 100 valence electrons. The van der Waals surface area contributed by atoms with Crippen LogP contribution in [-0.2, 0) is 0 Å². The Balaban J connectivity index is 2.99. The summed E-state index contributed by atoms with van der Waals surface area (Å²) in [5.74, 6) is 0. The van der Waals surface area contributed by atoms with E-state index >= 15 is 0 Å². The van der Waals surface area contributed by atoms with Crippen LogP contribution in [0.2, 0.25) is 0 Å². The van der Waals surface area contributed by atoms with E-state index in [-0.39, 0.29) is 6.04 Å². The summed E-state index contributed by atoms with van der Waals surface area (Å²) in [7, 11) is 0. The molecule has 3 heteroatoms. The molecule has 2 nitrogen and oxygen atoms in total. The fourth-order valence-electron chi connectivity index (χ4n) is 2.25. The first-order chi connectivity index (χ1) is 8.60. The summed E-state index contributed by atoms with van der Waals surface area (Å²) in [6.45, 7) is 8.53. The molecule has 0 aromatic heterocycles. The second-order valence-corrected chi connectivity index (χ2v) is 5.22. The number of nitrogens with zero attached hydrogens (tertiary/aromatic N) is 1. The van der Waals surface area contributed by atoms with Crippen LogP contribution in [0.1, 0.15) is 43.9 Å². The van der Waals surface area contributed by atoms with Crippen LogP contribution in [0.4, 0.5) is 0 Å². The molecule has 1 aromatic carbocycles. The van der Waals surface area contributed by atoms with Crippen molar-refractivity contribution in [3.63, 3.8) is 0 Å². The molecular formula is C15H24N2S. The van der Waals surface area contributed by atoms with Gasteiger partial charge in [-0.25, -0.2) is 0 Å². The minimum absolute atomic E-state index is 0.0699. The normalized spacial score (nSPS) is 12.7. The topological polar surface area (TPSA) is 29.3 Å². The van der Waals surface area contributed by atoms with E-state index < -0.39 is 0 Å². The second-order valence-electron chi connectivity index (χ2n) is 4.75. The Labute approximate surface area is 116 Å². The molecule has 2 N–H and O–H groups in total. The molecule has 18 heavy (non-hydrogen) atoms. The zero-order chi connectivity index (χ0) is 13.5. The average molecular weight is 264 g/mol. The first-order valence-corrected chi connectivity index (χ1v) is 7.10. The summed E-state index contributed by atoms with van der Waals surface area (Å²) in [5.41, 5.74) is 8.42. The van der Waals surface area contributed by atoms with E-state index in [1.54, 1.807) is 0 Å². The second kappa shape index (κ2) is 7.49. The lowest BCUT2D eigenvalue weighted by Crippen LogP contribution is -2.37. The van der Waals surface area contributed by atoms with E-state index in [1.165, 1.54) is 11.1 Å². The summed E-state index contributed by atoms with van der Waals surface area (Å²) < 4.78 is 0. The minimum Gasteiger partial charge on any atom is -0.392 e. The highest BCUT2D eigenvalue weighted by atomic mass is 32.1. The lowest BCUT2D eigenvalue weighted by atomic mass is 10.0. The largest absolute Gasteiger partial charge is 0.392 e. The molecule has 1 aromatic rings. The molecule has 1 unspecified atom stereocenters. The van der Waals surface area contributed by atoms with Crippen molar-refractivity contribution in [2.45, 2.75) is 39.7 Å². The first kappa shape index (κ1) is 15.1. The summed E-state index contributed by atoms with van der Waals surface area (Å²) >= 11 is 5.27. The summed E-state index contributed by atoms with van der Waals surface area (Å²) in [4.78, 5) is 2.95.